The summed E-state index contributed by atoms with van der Waals surface area (Å²) in [6.45, 7) is 6.64. The van der Waals surface area contributed by atoms with E-state index in [0.717, 1.165) is 16.7 Å². The summed E-state index contributed by atoms with van der Waals surface area (Å²) in [4.78, 5) is 26.5. The Morgan fingerprint density at radius 3 is 2.63 bits per heavy atom. The minimum absolute atomic E-state index is 0.0644. The lowest BCUT2D eigenvalue weighted by Gasteiger charge is -2.29. The molecule has 1 aromatic rings. The summed E-state index contributed by atoms with van der Waals surface area (Å²) in [5.74, 6) is -1.53. The molecule has 1 heterocycles. The Balaban J connectivity index is 2.19. The van der Waals surface area contributed by atoms with E-state index in [1.807, 2.05) is 30.3 Å². The van der Waals surface area contributed by atoms with E-state index in [0.29, 0.717) is 6.42 Å². The number of benzene rings is 1. The van der Waals surface area contributed by atoms with Crippen LogP contribution in [-0.2, 0) is 30.3 Å². The van der Waals surface area contributed by atoms with Gasteiger partial charge in [0.05, 0.1) is 29.9 Å². The molecule has 30 heavy (non-hydrogen) atoms. The van der Waals surface area contributed by atoms with Crippen molar-refractivity contribution < 1.29 is 32.0 Å². The fraction of sp³-hybridized carbons (Fsp3) is 0.524. The molecule has 0 spiro atoms. The Labute approximate surface area is 177 Å². The summed E-state index contributed by atoms with van der Waals surface area (Å²) in [6, 6.07) is 8.89. The topological polar surface area (TPSA) is 110 Å². The molecule has 1 N–H and O–H groups in total. The van der Waals surface area contributed by atoms with Gasteiger partial charge in [0, 0.05) is 0 Å². The predicted octanol–water partition coefficient (Wildman–Crippen LogP) is 2.27. The number of imide groups is 1. The van der Waals surface area contributed by atoms with E-state index in [9.17, 15) is 23.1 Å². The molecule has 0 unspecified atom stereocenters. The monoisotopic (exact) mass is 439 g/mol. The van der Waals surface area contributed by atoms with Gasteiger partial charge < -0.3 is 9.84 Å². The average molecular weight is 440 g/mol. The van der Waals surface area contributed by atoms with Crippen molar-refractivity contribution in [2.24, 2.45) is 5.92 Å². The van der Waals surface area contributed by atoms with Crippen molar-refractivity contribution in [3.8, 4) is 0 Å². The van der Waals surface area contributed by atoms with Crippen molar-refractivity contribution in [3.05, 3.63) is 48.6 Å². The molecule has 1 saturated heterocycles. The average Bonchev–Trinajstić information content (AvgIpc) is 3.04. The van der Waals surface area contributed by atoms with Gasteiger partial charge in [-0.05, 0) is 31.7 Å². The van der Waals surface area contributed by atoms with Crippen LogP contribution in [0.2, 0.25) is 0 Å². The molecule has 0 saturated carbocycles. The Morgan fingerprint density at radius 2 is 2.07 bits per heavy atom. The third kappa shape index (κ3) is 6.65. The van der Waals surface area contributed by atoms with Crippen LogP contribution >= 0.6 is 0 Å². The van der Waals surface area contributed by atoms with Gasteiger partial charge in [0.1, 0.15) is 6.61 Å². The highest BCUT2D eigenvalue weighted by Crippen LogP contribution is 2.26. The zero-order valence-electron chi connectivity index (χ0n) is 17.5. The highest BCUT2D eigenvalue weighted by molar-refractivity contribution is 7.86. The van der Waals surface area contributed by atoms with Gasteiger partial charge in [0.25, 0.3) is 10.1 Å². The first kappa shape index (κ1) is 24.0. The first-order valence-corrected chi connectivity index (χ1v) is 11.5. The van der Waals surface area contributed by atoms with E-state index < -0.39 is 45.8 Å². The zero-order chi connectivity index (χ0) is 22.5. The summed E-state index contributed by atoms with van der Waals surface area (Å²) in [6.07, 6.45) is 1.05. The van der Waals surface area contributed by atoms with Gasteiger partial charge in [-0.2, -0.15) is 8.42 Å². The van der Waals surface area contributed by atoms with Crippen LogP contribution in [0.3, 0.4) is 0 Å². The van der Waals surface area contributed by atoms with E-state index in [2.05, 4.69) is 6.58 Å². The second-order valence-electron chi connectivity index (χ2n) is 7.86. The molecular weight excluding hydrogens is 410 g/mol. The molecule has 9 heteroatoms. The molecule has 2 rings (SSSR count). The fourth-order valence-corrected chi connectivity index (χ4v) is 4.00. The van der Waals surface area contributed by atoms with Gasteiger partial charge in [0.15, 0.2) is 0 Å². The van der Waals surface area contributed by atoms with Crippen LogP contribution in [0, 0.1) is 5.92 Å². The summed E-state index contributed by atoms with van der Waals surface area (Å²) in [5.41, 5.74) is -0.304. The van der Waals surface area contributed by atoms with Crippen LogP contribution in [0.25, 0.3) is 0 Å². The van der Waals surface area contributed by atoms with Crippen LogP contribution < -0.4 is 0 Å². The lowest BCUT2D eigenvalue weighted by molar-refractivity contribution is -0.136. The summed E-state index contributed by atoms with van der Waals surface area (Å²) in [5, 5.41) is 10.2. The van der Waals surface area contributed by atoms with Crippen molar-refractivity contribution in [1.29, 1.82) is 0 Å². The smallest absolute Gasteiger partial charge is 0.416 e. The number of nitrogens with zero attached hydrogens (tertiary/aromatic N) is 1. The van der Waals surface area contributed by atoms with Gasteiger partial charge in [-0.1, -0.05) is 43.3 Å². The van der Waals surface area contributed by atoms with Gasteiger partial charge in [-0.25, -0.2) is 9.69 Å². The van der Waals surface area contributed by atoms with Crippen LogP contribution in [0.4, 0.5) is 4.79 Å². The first-order chi connectivity index (χ1) is 13.9. The lowest BCUT2D eigenvalue weighted by atomic mass is 9.92. The zero-order valence-corrected chi connectivity index (χ0v) is 18.3. The first-order valence-electron chi connectivity index (χ1n) is 9.71. The minimum atomic E-state index is -3.87. The van der Waals surface area contributed by atoms with Crippen LogP contribution in [-0.4, -0.2) is 61.0 Å². The standard InChI is InChI=1S/C21H29NO7S/c1-5-21(3,25)12-11-18(29-30(4,26)27)15(2)19(23)22-17(14-28-20(22)24)13-16-9-7-6-8-10-16/h5-10,15,17-18,25H,1,11-14H2,2-4H3/t15-,17-,18+,21-/m0/s1. The van der Waals surface area contributed by atoms with Crippen LogP contribution in [0.1, 0.15) is 32.3 Å². The highest BCUT2D eigenvalue weighted by atomic mass is 32.2. The van der Waals surface area contributed by atoms with Crippen LogP contribution in [0.5, 0.6) is 0 Å². The third-order valence-corrected chi connectivity index (χ3v) is 5.73. The van der Waals surface area contributed by atoms with Crippen molar-refractivity contribution in [2.45, 2.75) is 50.9 Å². The molecule has 1 fully saturated rings. The summed E-state index contributed by atoms with van der Waals surface area (Å²) in [7, 11) is -3.87. The molecule has 166 valence electrons. The number of rotatable bonds is 10. The molecule has 1 aliphatic heterocycles. The van der Waals surface area contributed by atoms with Gasteiger partial charge >= 0.3 is 6.09 Å². The molecule has 0 bridgehead atoms. The summed E-state index contributed by atoms with van der Waals surface area (Å²) >= 11 is 0. The third-order valence-electron chi connectivity index (χ3n) is 5.13. The normalized spacial score (nSPS) is 20.9. The lowest BCUT2D eigenvalue weighted by Crippen LogP contribution is -2.46. The fourth-order valence-electron chi connectivity index (χ4n) is 3.29. The van der Waals surface area contributed by atoms with E-state index >= 15 is 0 Å². The Hall–Kier alpha value is -2.23. The molecule has 0 radical (unpaired) electrons. The van der Waals surface area contributed by atoms with Crippen molar-refractivity contribution in [2.75, 3.05) is 12.9 Å². The van der Waals surface area contributed by atoms with Crippen molar-refractivity contribution >= 4 is 22.1 Å². The molecule has 2 amide bonds. The van der Waals surface area contributed by atoms with Crippen molar-refractivity contribution in [1.82, 2.24) is 4.90 Å². The number of aliphatic hydroxyl groups is 1. The Kier molecular flexibility index (Phi) is 7.79. The molecule has 4 atom stereocenters. The van der Waals surface area contributed by atoms with E-state index in [-0.39, 0.29) is 19.4 Å². The molecule has 1 aliphatic rings. The number of cyclic esters (lactones) is 1. The molecule has 8 nitrogen and oxygen atoms in total. The number of hydrogen-bond donors (Lipinski definition) is 1. The van der Waals surface area contributed by atoms with Gasteiger partial charge in [-0.15, -0.1) is 6.58 Å². The summed E-state index contributed by atoms with van der Waals surface area (Å²) < 4.78 is 33.7. The van der Waals surface area contributed by atoms with Gasteiger partial charge in [0.2, 0.25) is 5.91 Å². The Morgan fingerprint density at radius 1 is 1.43 bits per heavy atom. The molecular formula is C21H29NO7S. The van der Waals surface area contributed by atoms with Crippen LogP contribution in [0.15, 0.2) is 43.0 Å². The van der Waals surface area contributed by atoms with Gasteiger partial charge in [-0.3, -0.25) is 8.98 Å². The minimum Gasteiger partial charge on any atom is -0.447 e. The van der Waals surface area contributed by atoms with E-state index in [4.69, 9.17) is 8.92 Å². The number of hydrogen-bond acceptors (Lipinski definition) is 7. The van der Waals surface area contributed by atoms with Crippen molar-refractivity contribution in [3.63, 3.8) is 0 Å². The number of amides is 2. The molecule has 0 aliphatic carbocycles. The SMILES string of the molecule is C=C[C@](C)(O)CC[C@@H](OS(C)(=O)=O)[C@H](C)C(=O)N1C(=O)OC[C@@H]1Cc1ccccc1. The largest absolute Gasteiger partial charge is 0.447 e. The van der Waals surface area contributed by atoms with E-state index in [1.165, 1.54) is 19.9 Å². The maximum Gasteiger partial charge on any atom is 0.416 e. The molecule has 0 aromatic heterocycles. The maximum absolute atomic E-state index is 13.1. The predicted molar refractivity (Wildman–Crippen MR) is 111 cm³/mol. The molecule has 1 aromatic carbocycles. The van der Waals surface area contributed by atoms with E-state index in [1.54, 1.807) is 0 Å². The quantitative estimate of drug-likeness (QED) is 0.440. The second kappa shape index (κ2) is 9.72. The maximum atomic E-state index is 13.1. The second-order valence-corrected chi connectivity index (χ2v) is 9.46. The Bertz CT molecular complexity index is 867. The number of carbonyl (C=O) groups is 2. The number of carbonyl (C=O) groups excluding carboxylic acids is 2. The highest BCUT2D eigenvalue weighted by Gasteiger charge is 2.42. The number of ether oxygens (including phenoxy) is 1.